The van der Waals surface area contributed by atoms with Gasteiger partial charge >= 0.3 is 5.97 Å². The molecular formula is C17H12BrNO2. The number of benzene rings is 2. The van der Waals surface area contributed by atoms with Gasteiger partial charge in [0.25, 0.3) is 0 Å². The molecule has 0 aliphatic rings. The summed E-state index contributed by atoms with van der Waals surface area (Å²) in [7, 11) is 0. The van der Waals surface area contributed by atoms with Gasteiger partial charge in [0.1, 0.15) is 0 Å². The lowest BCUT2D eigenvalue weighted by molar-refractivity contribution is 0.0698. The van der Waals surface area contributed by atoms with Crippen molar-refractivity contribution in [3.8, 4) is 11.3 Å². The van der Waals surface area contributed by atoms with Crippen LogP contribution in [0.4, 0.5) is 0 Å². The molecule has 21 heavy (non-hydrogen) atoms. The standard InChI is InChI=1S/C17H12BrNO2/c1-10-14(17(20)21)15-12(18)8-5-9-13(15)19-16(10)11-6-3-2-4-7-11/h2-9H,1H3,(H,20,21). The van der Waals surface area contributed by atoms with Gasteiger partial charge in [-0.2, -0.15) is 0 Å². The number of carboxylic acids is 1. The predicted octanol–water partition coefficient (Wildman–Crippen LogP) is 4.67. The zero-order valence-corrected chi connectivity index (χ0v) is 12.9. The van der Waals surface area contributed by atoms with Crippen LogP contribution in [-0.4, -0.2) is 16.1 Å². The minimum Gasteiger partial charge on any atom is -0.478 e. The van der Waals surface area contributed by atoms with Crippen LogP contribution in [0.3, 0.4) is 0 Å². The van der Waals surface area contributed by atoms with Crippen molar-refractivity contribution in [3.63, 3.8) is 0 Å². The lowest BCUT2D eigenvalue weighted by Crippen LogP contribution is -2.05. The summed E-state index contributed by atoms with van der Waals surface area (Å²) in [5.74, 6) is -0.941. The zero-order valence-electron chi connectivity index (χ0n) is 11.3. The molecule has 0 aliphatic carbocycles. The molecule has 4 heteroatoms. The molecule has 0 aliphatic heterocycles. The maximum atomic E-state index is 11.7. The molecule has 0 amide bonds. The minimum absolute atomic E-state index is 0.298. The molecule has 0 saturated heterocycles. The Kier molecular flexibility index (Phi) is 3.47. The summed E-state index contributed by atoms with van der Waals surface area (Å²) in [6.07, 6.45) is 0. The molecule has 1 heterocycles. The summed E-state index contributed by atoms with van der Waals surface area (Å²) in [5, 5.41) is 10.3. The Morgan fingerprint density at radius 1 is 1.10 bits per heavy atom. The SMILES string of the molecule is Cc1c(-c2ccccc2)nc2cccc(Br)c2c1C(=O)O. The monoisotopic (exact) mass is 341 g/mol. The smallest absolute Gasteiger partial charge is 0.336 e. The number of carboxylic acid groups (broad SMARTS) is 1. The van der Waals surface area contributed by atoms with Crippen LogP contribution in [-0.2, 0) is 0 Å². The molecule has 1 N–H and O–H groups in total. The van der Waals surface area contributed by atoms with Gasteiger partial charge < -0.3 is 5.11 Å². The fourth-order valence-electron chi connectivity index (χ4n) is 2.51. The number of pyridine rings is 1. The zero-order chi connectivity index (χ0) is 15.0. The quantitative estimate of drug-likeness (QED) is 0.736. The van der Waals surface area contributed by atoms with Crippen LogP contribution in [0, 0.1) is 6.92 Å². The van der Waals surface area contributed by atoms with Crippen molar-refractivity contribution >= 4 is 32.8 Å². The van der Waals surface area contributed by atoms with E-state index in [2.05, 4.69) is 20.9 Å². The number of rotatable bonds is 2. The Morgan fingerprint density at radius 2 is 1.81 bits per heavy atom. The van der Waals surface area contributed by atoms with Crippen molar-refractivity contribution in [1.82, 2.24) is 4.98 Å². The number of hydrogen-bond donors (Lipinski definition) is 1. The molecule has 0 bridgehead atoms. The molecule has 0 fully saturated rings. The van der Waals surface area contributed by atoms with E-state index in [9.17, 15) is 9.90 Å². The van der Waals surface area contributed by atoms with Crippen LogP contribution in [0.25, 0.3) is 22.2 Å². The van der Waals surface area contributed by atoms with Crippen LogP contribution in [0.2, 0.25) is 0 Å². The fraction of sp³-hybridized carbons (Fsp3) is 0.0588. The summed E-state index contributed by atoms with van der Waals surface area (Å²) in [5.41, 5.74) is 3.27. The lowest BCUT2D eigenvalue weighted by atomic mass is 9.98. The number of fused-ring (bicyclic) bond motifs is 1. The van der Waals surface area contributed by atoms with E-state index in [4.69, 9.17) is 0 Å². The maximum Gasteiger partial charge on any atom is 0.336 e. The number of aromatic carboxylic acids is 1. The first-order valence-corrected chi connectivity index (χ1v) is 7.26. The van der Waals surface area contributed by atoms with Crippen LogP contribution >= 0.6 is 15.9 Å². The second-order valence-corrected chi connectivity index (χ2v) is 5.62. The van der Waals surface area contributed by atoms with Gasteiger partial charge in [0.15, 0.2) is 0 Å². The van der Waals surface area contributed by atoms with E-state index in [1.165, 1.54) is 0 Å². The number of nitrogens with zero attached hydrogens (tertiary/aromatic N) is 1. The number of hydrogen-bond acceptors (Lipinski definition) is 2. The maximum absolute atomic E-state index is 11.7. The Balaban J connectivity index is 2.44. The summed E-state index contributed by atoms with van der Waals surface area (Å²) >= 11 is 3.43. The van der Waals surface area contributed by atoms with Crippen molar-refractivity contribution in [2.24, 2.45) is 0 Å². The molecular weight excluding hydrogens is 330 g/mol. The van der Waals surface area contributed by atoms with Gasteiger partial charge in [-0.3, -0.25) is 0 Å². The Labute approximate surface area is 130 Å². The van der Waals surface area contributed by atoms with E-state index < -0.39 is 5.97 Å². The van der Waals surface area contributed by atoms with Crippen LogP contribution < -0.4 is 0 Å². The van der Waals surface area contributed by atoms with Gasteiger partial charge in [-0.05, 0) is 24.6 Å². The third-order valence-electron chi connectivity index (χ3n) is 3.47. The van der Waals surface area contributed by atoms with Crippen molar-refractivity contribution < 1.29 is 9.90 Å². The van der Waals surface area contributed by atoms with Gasteiger partial charge in [-0.15, -0.1) is 0 Å². The molecule has 1 aromatic heterocycles. The predicted molar refractivity (Wildman–Crippen MR) is 86.6 cm³/mol. The van der Waals surface area contributed by atoms with E-state index in [0.29, 0.717) is 27.7 Å². The molecule has 0 atom stereocenters. The highest BCUT2D eigenvalue weighted by atomic mass is 79.9. The van der Waals surface area contributed by atoms with Gasteiger partial charge in [0, 0.05) is 15.4 Å². The van der Waals surface area contributed by atoms with Crippen molar-refractivity contribution in [1.29, 1.82) is 0 Å². The fourth-order valence-corrected chi connectivity index (χ4v) is 3.06. The molecule has 2 aromatic carbocycles. The van der Waals surface area contributed by atoms with E-state index >= 15 is 0 Å². The van der Waals surface area contributed by atoms with Gasteiger partial charge in [-0.25, -0.2) is 9.78 Å². The summed E-state index contributed by atoms with van der Waals surface area (Å²) in [6.45, 7) is 1.80. The minimum atomic E-state index is -0.941. The first kappa shape index (κ1) is 13.8. The molecule has 0 saturated carbocycles. The van der Waals surface area contributed by atoms with E-state index in [-0.39, 0.29) is 0 Å². The number of aromatic nitrogens is 1. The van der Waals surface area contributed by atoms with E-state index in [1.54, 1.807) is 6.92 Å². The third kappa shape index (κ3) is 2.32. The molecule has 104 valence electrons. The topological polar surface area (TPSA) is 50.2 Å². The number of carbonyl (C=O) groups is 1. The van der Waals surface area contributed by atoms with Crippen LogP contribution in [0.15, 0.2) is 53.0 Å². The number of halogens is 1. The van der Waals surface area contributed by atoms with Gasteiger partial charge in [0.05, 0.1) is 16.8 Å². The molecule has 0 radical (unpaired) electrons. The Bertz CT molecular complexity index is 844. The highest BCUT2D eigenvalue weighted by molar-refractivity contribution is 9.10. The van der Waals surface area contributed by atoms with Gasteiger partial charge in [-0.1, -0.05) is 52.3 Å². The van der Waals surface area contributed by atoms with Crippen LogP contribution in [0.1, 0.15) is 15.9 Å². The highest BCUT2D eigenvalue weighted by Gasteiger charge is 2.19. The molecule has 3 aromatic rings. The average Bonchev–Trinajstić information content (AvgIpc) is 2.48. The highest BCUT2D eigenvalue weighted by Crippen LogP contribution is 2.33. The summed E-state index contributed by atoms with van der Waals surface area (Å²) < 4.78 is 0.743. The summed E-state index contributed by atoms with van der Waals surface area (Å²) in [4.78, 5) is 16.4. The van der Waals surface area contributed by atoms with E-state index in [1.807, 2.05) is 48.5 Å². The van der Waals surface area contributed by atoms with E-state index in [0.717, 1.165) is 10.0 Å². The first-order valence-electron chi connectivity index (χ1n) is 6.47. The molecule has 0 unspecified atom stereocenters. The second-order valence-electron chi connectivity index (χ2n) is 4.77. The van der Waals surface area contributed by atoms with Gasteiger partial charge in [0.2, 0.25) is 0 Å². The lowest BCUT2D eigenvalue weighted by Gasteiger charge is -2.13. The Hall–Kier alpha value is -2.20. The average molecular weight is 342 g/mol. The molecule has 3 rings (SSSR count). The largest absolute Gasteiger partial charge is 0.478 e. The van der Waals surface area contributed by atoms with Crippen LogP contribution in [0.5, 0.6) is 0 Å². The summed E-state index contributed by atoms with van der Waals surface area (Å²) in [6, 6.07) is 15.2. The molecule has 3 nitrogen and oxygen atoms in total. The van der Waals surface area contributed by atoms with Crippen molar-refractivity contribution in [2.75, 3.05) is 0 Å². The molecule has 0 spiro atoms. The van der Waals surface area contributed by atoms with Crippen molar-refractivity contribution in [3.05, 3.63) is 64.1 Å². The normalized spacial score (nSPS) is 10.8. The second kappa shape index (κ2) is 5.30. The third-order valence-corrected chi connectivity index (χ3v) is 4.13. The van der Waals surface area contributed by atoms with Crippen molar-refractivity contribution in [2.45, 2.75) is 6.92 Å². The first-order chi connectivity index (χ1) is 10.1. The Morgan fingerprint density at radius 3 is 2.48 bits per heavy atom.